The summed E-state index contributed by atoms with van der Waals surface area (Å²) in [6.07, 6.45) is 5.58. The summed E-state index contributed by atoms with van der Waals surface area (Å²) in [7, 11) is 2.09. The van der Waals surface area contributed by atoms with Crippen molar-refractivity contribution in [1.29, 1.82) is 0 Å². The number of carbonyl (C=O) groups excluding carboxylic acids is 1. The van der Waals surface area contributed by atoms with Crippen molar-refractivity contribution < 1.29 is 4.79 Å². The number of amides is 1. The topological polar surface area (TPSA) is 50.2 Å². The smallest absolute Gasteiger partial charge is 0.251 e. The Morgan fingerprint density at radius 1 is 1.11 bits per heavy atom. The first kappa shape index (κ1) is 19.2. The summed E-state index contributed by atoms with van der Waals surface area (Å²) in [4.78, 5) is 14.5. The van der Waals surface area contributed by atoms with Crippen LogP contribution < -0.4 is 10.2 Å². The van der Waals surface area contributed by atoms with Crippen LogP contribution in [0, 0.1) is 0 Å². The van der Waals surface area contributed by atoms with E-state index in [0.717, 1.165) is 29.5 Å². The maximum atomic E-state index is 12.3. The molecule has 0 aliphatic heterocycles. The van der Waals surface area contributed by atoms with E-state index in [9.17, 15) is 4.79 Å². The largest absolute Gasteiger partial charge is 0.375 e. The van der Waals surface area contributed by atoms with Gasteiger partial charge in [-0.1, -0.05) is 18.2 Å². The quantitative estimate of drug-likeness (QED) is 0.546. The maximum Gasteiger partial charge on any atom is 0.251 e. The standard InChI is InChI=1S/C21H23BrN4O/c1-25(19-7-3-2-4-8-19)14-6-5-13-23-21(27)17-9-11-20(12-10-17)26-16-18(22)15-24-26/h2-4,7-12,15-16H,5-6,13-14H2,1H3,(H,23,27). The minimum absolute atomic E-state index is 0.0420. The van der Waals surface area contributed by atoms with E-state index in [1.807, 2.05) is 48.7 Å². The molecule has 0 atom stereocenters. The summed E-state index contributed by atoms with van der Waals surface area (Å²) in [5.41, 5.74) is 2.79. The number of aromatic nitrogens is 2. The summed E-state index contributed by atoms with van der Waals surface area (Å²) < 4.78 is 2.68. The van der Waals surface area contributed by atoms with Gasteiger partial charge in [-0.15, -0.1) is 0 Å². The first-order chi connectivity index (χ1) is 13.1. The van der Waals surface area contributed by atoms with Crippen LogP contribution in [0.1, 0.15) is 23.2 Å². The summed E-state index contributed by atoms with van der Waals surface area (Å²) in [5, 5.41) is 7.22. The highest BCUT2D eigenvalue weighted by Crippen LogP contribution is 2.14. The monoisotopic (exact) mass is 426 g/mol. The van der Waals surface area contributed by atoms with E-state index in [-0.39, 0.29) is 5.91 Å². The Morgan fingerprint density at radius 3 is 2.52 bits per heavy atom. The van der Waals surface area contributed by atoms with E-state index < -0.39 is 0 Å². The second kappa shape index (κ2) is 9.37. The van der Waals surface area contributed by atoms with E-state index in [4.69, 9.17) is 0 Å². The number of unbranched alkanes of at least 4 members (excludes halogenated alkanes) is 1. The highest BCUT2D eigenvalue weighted by atomic mass is 79.9. The summed E-state index contributed by atoms with van der Waals surface area (Å²) in [6, 6.07) is 17.7. The molecule has 0 fully saturated rings. The van der Waals surface area contributed by atoms with Crippen LogP contribution in [0.3, 0.4) is 0 Å². The molecule has 3 aromatic rings. The van der Waals surface area contributed by atoms with Crippen molar-refractivity contribution in [3.63, 3.8) is 0 Å². The minimum Gasteiger partial charge on any atom is -0.375 e. The fraction of sp³-hybridized carbons (Fsp3) is 0.238. The van der Waals surface area contributed by atoms with Crippen LogP contribution in [0.15, 0.2) is 71.5 Å². The van der Waals surface area contributed by atoms with E-state index in [0.29, 0.717) is 12.1 Å². The van der Waals surface area contributed by atoms with Crippen LogP contribution >= 0.6 is 15.9 Å². The van der Waals surface area contributed by atoms with Gasteiger partial charge in [0, 0.05) is 37.6 Å². The molecule has 1 N–H and O–H groups in total. The third-order valence-electron chi connectivity index (χ3n) is 4.35. The molecule has 0 unspecified atom stereocenters. The van der Waals surface area contributed by atoms with Crippen LogP contribution in [-0.4, -0.2) is 35.8 Å². The fourth-order valence-corrected chi connectivity index (χ4v) is 3.08. The number of nitrogens with one attached hydrogen (secondary N) is 1. The normalized spacial score (nSPS) is 10.6. The number of anilines is 1. The highest BCUT2D eigenvalue weighted by Gasteiger charge is 2.06. The van der Waals surface area contributed by atoms with E-state index in [2.05, 4.69) is 50.4 Å². The van der Waals surface area contributed by atoms with Crippen molar-refractivity contribution in [1.82, 2.24) is 15.1 Å². The average Bonchev–Trinajstić information content (AvgIpc) is 3.14. The number of hydrogen-bond acceptors (Lipinski definition) is 3. The van der Waals surface area contributed by atoms with Gasteiger partial charge in [0.05, 0.1) is 16.4 Å². The van der Waals surface area contributed by atoms with Gasteiger partial charge in [0.2, 0.25) is 0 Å². The molecule has 1 aromatic heterocycles. The van der Waals surface area contributed by atoms with Gasteiger partial charge >= 0.3 is 0 Å². The Hall–Kier alpha value is -2.60. The number of hydrogen-bond donors (Lipinski definition) is 1. The van der Waals surface area contributed by atoms with E-state index in [1.54, 1.807) is 10.9 Å². The van der Waals surface area contributed by atoms with Crippen molar-refractivity contribution in [2.45, 2.75) is 12.8 Å². The van der Waals surface area contributed by atoms with Crippen LogP contribution in [0.2, 0.25) is 0 Å². The van der Waals surface area contributed by atoms with E-state index >= 15 is 0 Å². The molecule has 5 nitrogen and oxygen atoms in total. The zero-order valence-corrected chi connectivity index (χ0v) is 16.9. The van der Waals surface area contributed by atoms with Crippen molar-refractivity contribution in [2.75, 3.05) is 25.0 Å². The molecule has 0 radical (unpaired) electrons. The lowest BCUT2D eigenvalue weighted by Gasteiger charge is -2.19. The van der Waals surface area contributed by atoms with Gasteiger partial charge in [0.15, 0.2) is 0 Å². The lowest BCUT2D eigenvalue weighted by Crippen LogP contribution is -2.25. The molecule has 0 bridgehead atoms. The molecular formula is C21H23BrN4O. The van der Waals surface area contributed by atoms with Crippen molar-refractivity contribution >= 4 is 27.5 Å². The van der Waals surface area contributed by atoms with Crippen LogP contribution in [-0.2, 0) is 0 Å². The molecule has 27 heavy (non-hydrogen) atoms. The molecule has 140 valence electrons. The summed E-state index contributed by atoms with van der Waals surface area (Å²) in [5.74, 6) is -0.0420. The van der Waals surface area contributed by atoms with Crippen molar-refractivity contribution in [3.8, 4) is 5.69 Å². The fourth-order valence-electron chi connectivity index (χ4n) is 2.80. The van der Waals surface area contributed by atoms with Crippen LogP contribution in [0.4, 0.5) is 5.69 Å². The van der Waals surface area contributed by atoms with E-state index in [1.165, 1.54) is 5.69 Å². The molecule has 0 aliphatic carbocycles. The van der Waals surface area contributed by atoms with Crippen molar-refractivity contribution in [3.05, 3.63) is 77.0 Å². The van der Waals surface area contributed by atoms with Gasteiger partial charge in [-0.25, -0.2) is 4.68 Å². The number of rotatable bonds is 8. The van der Waals surface area contributed by atoms with Crippen LogP contribution in [0.25, 0.3) is 5.69 Å². The molecule has 0 aliphatic rings. The van der Waals surface area contributed by atoms with Gasteiger partial charge in [-0.05, 0) is 65.2 Å². The summed E-state index contributed by atoms with van der Waals surface area (Å²) >= 11 is 3.38. The van der Waals surface area contributed by atoms with Gasteiger partial charge in [0.1, 0.15) is 0 Å². The Bertz CT molecular complexity index is 861. The van der Waals surface area contributed by atoms with Gasteiger partial charge in [0.25, 0.3) is 5.91 Å². The zero-order valence-electron chi connectivity index (χ0n) is 15.3. The molecule has 0 saturated heterocycles. The SMILES string of the molecule is CN(CCCCNC(=O)c1ccc(-n2cc(Br)cn2)cc1)c1ccccc1. The Balaban J connectivity index is 1.40. The first-order valence-corrected chi connectivity index (χ1v) is 9.78. The summed E-state index contributed by atoms with van der Waals surface area (Å²) in [6.45, 7) is 1.64. The number of carbonyl (C=O) groups is 1. The zero-order chi connectivity index (χ0) is 19.1. The maximum absolute atomic E-state index is 12.3. The number of para-hydroxylation sites is 1. The minimum atomic E-state index is -0.0420. The second-order valence-electron chi connectivity index (χ2n) is 6.37. The predicted octanol–water partition coefficient (Wildman–Crippen LogP) is 4.28. The Morgan fingerprint density at radius 2 is 1.85 bits per heavy atom. The third kappa shape index (κ3) is 5.44. The lowest BCUT2D eigenvalue weighted by molar-refractivity contribution is 0.0953. The molecule has 0 spiro atoms. The van der Waals surface area contributed by atoms with Crippen LogP contribution in [0.5, 0.6) is 0 Å². The highest BCUT2D eigenvalue weighted by molar-refractivity contribution is 9.10. The third-order valence-corrected chi connectivity index (χ3v) is 4.76. The molecule has 6 heteroatoms. The van der Waals surface area contributed by atoms with Crippen molar-refractivity contribution in [2.24, 2.45) is 0 Å². The molecule has 2 aromatic carbocycles. The predicted molar refractivity (Wildman–Crippen MR) is 113 cm³/mol. The van der Waals surface area contributed by atoms with Gasteiger partial charge < -0.3 is 10.2 Å². The first-order valence-electron chi connectivity index (χ1n) is 8.98. The number of nitrogens with zero attached hydrogens (tertiary/aromatic N) is 3. The lowest BCUT2D eigenvalue weighted by atomic mass is 10.2. The Labute approximate surface area is 168 Å². The second-order valence-corrected chi connectivity index (χ2v) is 7.29. The molecule has 3 rings (SSSR count). The molecule has 0 saturated carbocycles. The van der Waals surface area contributed by atoms with Gasteiger partial charge in [-0.3, -0.25) is 4.79 Å². The molecule has 1 amide bonds. The molecular weight excluding hydrogens is 404 g/mol. The average molecular weight is 427 g/mol. The van der Waals surface area contributed by atoms with Gasteiger partial charge in [-0.2, -0.15) is 5.10 Å². The number of halogens is 1. The number of benzene rings is 2. The Kier molecular flexibility index (Phi) is 6.65. The molecule has 1 heterocycles.